The second-order valence-electron chi connectivity index (χ2n) is 19.1. The van der Waals surface area contributed by atoms with Crippen molar-refractivity contribution in [3.05, 3.63) is 47.5 Å². The van der Waals surface area contributed by atoms with Crippen LogP contribution >= 0.6 is 30.3 Å². The van der Waals surface area contributed by atoms with Crippen molar-refractivity contribution in [3.8, 4) is 11.8 Å². The fourth-order valence-corrected chi connectivity index (χ4v) is 14.0. The topological polar surface area (TPSA) is 30.9 Å². The van der Waals surface area contributed by atoms with Gasteiger partial charge in [-0.2, -0.15) is 0 Å². The Morgan fingerprint density at radius 2 is 1.80 bits per heavy atom. The molecule has 4 nitrogen and oxygen atoms in total. The van der Waals surface area contributed by atoms with E-state index in [0.29, 0.717) is 30.3 Å². The van der Waals surface area contributed by atoms with E-state index in [1.165, 1.54) is 31.2 Å². The fraction of sp³-hybridized carbons (Fsp3) is 0.778. The maximum Gasteiger partial charge on any atom is 0.0721 e. The smallest absolute Gasteiger partial charge is 0.0721 e. The van der Waals surface area contributed by atoms with Crippen LogP contribution < -0.4 is 0 Å². The number of benzene rings is 1. The number of hydrogen-bond acceptors (Lipinski definition) is 5. The van der Waals surface area contributed by atoms with E-state index >= 15 is 0 Å². The lowest BCUT2D eigenvalue weighted by Gasteiger charge is -2.68. The molecule has 7 unspecified atom stereocenters. The van der Waals surface area contributed by atoms with Crippen LogP contribution in [-0.4, -0.2) is 48.4 Å². The van der Waals surface area contributed by atoms with Gasteiger partial charge in [-0.05, 0) is 110 Å². The zero-order valence-corrected chi connectivity index (χ0v) is 36.7. The fourth-order valence-electron chi connectivity index (χ4n) is 12.3. The molecule has 3 fully saturated rings. The number of likely N-dealkylation sites (N-methyl/N-ethyl adjacent to an activating group) is 1. The summed E-state index contributed by atoms with van der Waals surface area (Å²) in [4.78, 5) is 0. The van der Waals surface area contributed by atoms with Crippen molar-refractivity contribution in [2.45, 2.75) is 151 Å². The average molecular weight is 830 g/mol. The summed E-state index contributed by atoms with van der Waals surface area (Å²) in [5.74, 6) is 9.81. The lowest BCUT2D eigenvalue weighted by Crippen LogP contribution is -2.65. The lowest BCUT2D eigenvalue weighted by molar-refractivity contribution is -0.227. The third-order valence-electron chi connectivity index (χ3n) is 16.1. The summed E-state index contributed by atoms with van der Waals surface area (Å²) in [5.41, 5.74) is 3.09. The molecular weight excluding hydrogens is 761 g/mol. The Bertz CT molecular complexity index is 1490. The van der Waals surface area contributed by atoms with Crippen molar-refractivity contribution in [2.24, 2.45) is 50.7 Å². The summed E-state index contributed by atoms with van der Waals surface area (Å²) in [6, 6.07) is 10.7. The maximum absolute atomic E-state index is 7.12. The first kappa shape index (κ1) is 40.1. The molecule has 284 valence electrons. The molecule has 1 aromatic rings. The summed E-state index contributed by atoms with van der Waals surface area (Å²) in [6.45, 7) is 26.4. The standard InChI is InChI=1S/C45H68INO3S/c1-12-38(50-30-42(9,32(4)5)47(11)51-46)40(7)29-49-33(6)43(10)36-21-24-45-23-16-22-44(28-45,26-25-41(45,8)35(36)19-20-37(40)43)39(31(2)3)48-27-34-17-14-13-15-18-34/h13-15,17-18,21,31-33,35,37-39H,12,19-20,22,24-30H2,1-11H3/t33?,35?,37?,38?,39-,40+,41?,42?,43?,44+,45+/m1/s1. The van der Waals surface area contributed by atoms with Crippen LogP contribution in [0.3, 0.4) is 0 Å². The normalized spacial score (nSPS) is 39.6. The van der Waals surface area contributed by atoms with Gasteiger partial charge in [0.05, 0.1) is 43.7 Å². The molecule has 4 aliphatic carbocycles. The summed E-state index contributed by atoms with van der Waals surface area (Å²) >= 11 is 2.41. The molecular formula is C45H68INO3S. The van der Waals surface area contributed by atoms with Gasteiger partial charge >= 0.3 is 0 Å². The van der Waals surface area contributed by atoms with E-state index in [4.69, 9.17) is 14.2 Å². The molecule has 1 spiro atoms. The number of allylic oxidation sites excluding steroid dienone is 1. The minimum atomic E-state index is -0.0568. The molecule has 1 heterocycles. The van der Waals surface area contributed by atoms with Crippen molar-refractivity contribution in [1.29, 1.82) is 0 Å². The molecule has 6 rings (SSSR count). The van der Waals surface area contributed by atoms with E-state index in [1.807, 2.05) is 0 Å². The van der Waals surface area contributed by atoms with Gasteiger partial charge in [-0.3, -0.25) is 0 Å². The van der Waals surface area contributed by atoms with Gasteiger partial charge in [0.1, 0.15) is 0 Å². The van der Waals surface area contributed by atoms with Crippen molar-refractivity contribution in [1.82, 2.24) is 4.31 Å². The Hall–Kier alpha value is -0.560. The predicted molar refractivity (Wildman–Crippen MR) is 222 cm³/mol. The van der Waals surface area contributed by atoms with Gasteiger partial charge in [0, 0.05) is 49.3 Å². The first-order valence-electron chi connectivity index (χ1n) is 20.2. The van der Waals surface area contributed by atoms with E-state index in [0.717, 1.165) is 38.9 Å². The van der Waals surface area contributed by atoms with Gasteiger partial charge in [0.2, 0.25) is 0 Å². The van der Waals surface area contributed by atoms with Crippen molar-refractivity contribution in [2.75, 3.05) is 20.3 Å². The largest absolute Gasteiger partial charge is 0.377 e. The van der Waals surface area contributed by atoms with Crippen molar-refractivity contribution >= 4 is 30.3 Å². The maximum atomic E-state index is 7.12. The highest BCUT2D eigenvalue weighted by Crippen LogP contribution is 2.73. The molecule has 1 saturated heterocycles. The zero-order valence-electron chi connectivity index (χ0n) is 33.7. The van der Waals surface area contributed by atoms with Gasteiger partial charge in [0.25, 0.3) is 0 Å². The number of halogens is 1. The quantitative estimate of drug-likeness (QED) is 0.0855. The number of hydrogen-bond donors (Lipinski definition) is 0. The van der Waals surface area contributed by atoms with E-state index in [9.17, 15) is 0 Å². The van der Waals surface area contributed by atoms with Crippen LogP contribution in [0.1, 0.15) is 126 Å². The Balaban J connectivity index is 1.29. The van der Waals surface area contributed by atoms with Crippen LogP contribution in [-0.2, 0) is 20.8 Å². The lowest BCUT2D eigenvalue weighted by atomic mass is 9.36. The molecule has 2 bridgehead atoms. The van der Waals surface area contributed by atoms with Crippen LogP contribution in [0.5, 0.6) is 0 Å². The number of fused-ring (bicyclic) bond motifs is 5. The third-order valence-corrected chi connectivity index (χ3v) is 18.5. The first-order chi connectivity index (χ1) is 24.1. The molecule has 11 atom stereocenters. The van der Waals surface area contributed by atoms with E-state index < -0.39 is 0 Å². The zero-order chi connectivity index (χ0) is 37.0. The van der Waals surface area contributed by atoms with Gasteiger partial charge < -0.3 is 14.2 Å². The summed E-state index contributed by atoms with van der Waals surface area (Å²) in [5, 5.41) is 0. The molecule has 6 heteroatoms. The molecule has 1 aromatic carbocycles. The summed E-state index contributed by atoms with van der Waals surface area (Å²) < 4.78 is 23.4. The molecule has 0 aromatic heterocycles. The van der Waals surface area contributed by atoms with Crippen LogP contribution in [0.2, 0.25) is 0 Å². The SMILES string of the molecule is CCC(OCC(C)(C(C)C)N(C)SI)[C@@]1(C)COC(C)C2(C)C3=CC[C@]45C#CC[C@]([C@H](OCc6ccccc6)C(C)C)(CCC4(C)C3CCC21)C5. The molecule has 1 aliphatic heterocycles. The average Bonchev–Trinajstić information content (AvgIpc) is 3.11. The molecule has 0 N–H and O–H groups in total. The number of rotatable bonds is 13. The minimum Gasteiger partial charge on any atom is -0.377 e. The highest BCUT2D eigenvalue weighted by molar-refractivity contribution is 14.2. The van der Waals surface area contributed by atoms with Crippen molar-refractivity contribution in [3.63, 3.8) is 0 Å². The summed E-state index contributed by atoms with van der Waals surface area (Å²) in [6.07, 6.45) is 12.3. The Morgan fingerprint density at radius 1 is 1.08 bits per heavy atom. The van der Waals surface area contributed by atoms with E-state index in [-0.39, 0.29) is 50.9 Å². The summed E-state index contributed by atoms with van der Waals surface area (Å²) in [7, 11) is 3.99. The number of ether oxygens (including phenoxy) is 3. The van der Waals surface area contributed by atoms with Crippen LogP contribution in [0, 0.1) is 62.6 Å². The number of nitrogens with zero attached hydrogens (tertiary/aromatic N) is 1. The molecule has 0 amide bonds. The van der Waals surface area contributed by atoms with Crippen LogP contribution in [0.15, 0.2) is 42.0 Å². The second kappa shape index (κ2) is 14.8. The Labute approximate surface area is 328 Å². The van der Waals surface area contributed by atoms with E-state index in [2.05, 4.69) is 150 Å². The van der Waals surface area contributed by atoms with Gasteiger partial charge in [0.15, 0.2) is 0 Å². The van der Waals surface area contributed by atoms with Crippen molar-refractivity contribution < 1.29 is 14.2 Å². The predicted octanol–water partition coefficient (Wildman–Crippen LogP) is 11.7. The molecule has 51 heavy (non-hydrogen) atoms. The van der Waals surface area contributed by atoms with Crippen LogP contribution in [0.25, 0.3) is 0 Å². The third kappa shape index (κ3) is 6.44. The molecule has 2 saturated carbocycles. The Morgan fingerprint density at radius 3 is 2.45 bits per heavy atom. The minimum absolute atomic E-state index is 0.00520. The highest BCUT2D eigenvalue weighted by atomic mass is 127. The first-order valence-corrected chi connectivity index (χ1v) is 23.5. The van der Waals surface area contributed by atoms with Crippen LogP contribution in [0.4, 0.5) is 0 Å². The van der Waals surface area contributed by atoms with Gasteiger partial charge in [-0.25, -0.2) is 4.31 Å². The highest BCUT2D eigenvalue weighted by Gasteiger charge is 2.68. The monoisotopic (exact) mass is 829 g/mol. The van der Waals surface area contributed by atoms with E-state index in [1.54, 1.807) is 14.7 Å². The second-order valence-corrected chi connectivity index (χ2v) is 20.9. The molecule has 0 radical (unpaired) electrons. The van der Waals surface area contributed by atoms with Gasteiger partial charge in [-0.15, -0.1) is 5.92 Å². The van der Waals surface area contributed by atoms with Gasteiger partial charge in [-0.1, -0.05) is 103 Å². The molecule has 5 aliphatic rings. The Kier molecular flexibility index (Phi) is 11.7.